The molecular weight excluding hydrogens is 322 g/mol. The van der Waals surface area contributed by atoms with E-state index in [1.807, 2.05) is 18.2 Å². The summed E-state index contributed by atoms with van der Waals surface area (Å²) in [6, 6.07) is 9.13. The predicted molar refractivity (Wildman–Crippen MR) is 98.5 cm³/mol. The largest absolute Gasteiger partial charge is 0.352 e. The minimum absolute atomic E-state index is 0.0286. The van der Waals surface area contributed by atoms with Gasteiger partial charge >= 0.3 is 0 Å². The van der Waals surface area contributed by atoms with Gasteiger partial charge in [0.05, 0.1) is 5.52 Å². The first-order chi connectivity index (χ1) is 11.6. The van der Waals surface area contributed by atoms with Gasteiger partial charge in [0.25, 0.3) is 5.91 Å². The van der Waals surface area contributed by atoms with Crippen molar-refractivity contribution in [2.45, 2.75) is 26.2 Å². The van der Waals surface area contributed by atoms with Crippen LogP contribution in [-0.4, -0.2) is 42.0 Å². The van der Waals surface area contributed by atoms with Crippen LogP contribution in [-0.2, 0) is 0 Å². The number of halogens is 1. The van der Waals surface area contributed by atoms with Gasteiger partial charge in [-0.1, -0.05) is 18.5 Å². The van der Waals surface area contributed by atoms with Crippen molar-refractivity contribution in [1.29, 1.82) is 0 Å². The number of carbonyl (C=O) groups is 1. The second kappa shape index (κ2) is 7.95. The summed E-state index contributed by atoms with van der Waals surface area (Å²) >= 11 is 5.88. The fourth-order valence-corrected chi connectivity index (χ4v) is 3.29. The molecule has 2 heterocycles. The lowest BCUT2D eigenvalue weighted by molar-refractivity contribution is 0.0950. The highest BCUT2D eigenvalue weighted by molar-refractivity contribution is 6.29. The third-order valence-corrected chi connectivity index (χ3v) is 4.94. The molecule has 1 saturated heterocycles. The molecule has 0 unspecified atom stereocenters. The Balaban J connectivity index is 1.47. The molecule has 1 N–H and O–H groups in total. The Labute approximate surface area is 148 Å². The average molecular weight is 346 g/mol. The first kappa shape index (κ1) is 17.2. The van der Waals surface area contributed by atoms with E-state index in [1.165, 1.54) is 25.9 Å². The first-order valence-electron chi connectivity index (χ1n) is 8.69. The molecule has 0 bridgehead atoms. The van der Waals surface area contributed by atoms with Gasteiger partial charge in [-0.25, -0.2) is 4.98 Å². The topological polar surface area (TPSA) is 45.2 Å². The summed E-state index contributed by atoms with van der Waals surface area (Å²) in [6.45, 7) is 6.48. The number of piperidine rings is 1. The number of likely N-dealkylation sites (tertiary alicyclic amines) is 1. The summed E-state index contributed by atoms with van der Waals surface area (Å²) in [4.78, 5) is 19.0. The molecule has 1 amide bonds. The molecule has 0 atom stereocenters. The van der Waals surface area contributed by atoms with Crippen LogP contribution in [0, 0.1) is 5.92 Å². The highest BCUT2D eigenvalue weighted by atomic mass is 35.5. The quantitative estimate of drug-likeness (QED) is 0.663. The van der Waals surface area contributed by atoms with Gasteiger partial charge in [0.2, 0.25) is 0 Å². The number of fused-ring (bicyclic) bond motifs is 1. The Morgan fingerprint density at radius 1 is 1.29 bits per heavy atom. The van der Waals surface area contributed by atoms with E-state index in [0.29, 0.717) is 17.3 Å². The van der Waals surface area contributed by atoms with E-state index in [9.17, 15) is 4.79 Å². The Morgan fingerprint density at radius 3 is 2.88 bits per heavy atom. The van der Waals surface area contributed by atoms with E-state index < -0.39 is 0 Å². The number of nitrogens with zero attached hydrogens (tertiary/aromatic N) is 2. The molecule has 2 aromatic rings. The van der Waals surface area contributed by atoms with Crippen molar-refractivity contribution in [2.24, 2.45) is 5.92 Å². The third kappa shape index (κ3) is 4.46. The zero-order chi connectivity index (χ0) is 16.9. The van der Waals surface area contributed by atoms with Crippen LogP contribution in [0.1, 0.15) is 36.5 Å². The molecule has 0 radical (unpaired) electrons. The average Bonchev–Trinajstić information content (AvgIpc) is 2.59. The second-order valence-corrected chi connectivity index (χ2v) is 7.06. The van der Waals surface area contributed by atoms with Crippen molar-refractivity contribution < 1.29 is 4.79 Å². The molecule has 0 saturated carbocycles. The Bertz CT molecular complexity index is 711. The second-order valence-electron chi connectivity index (χ2n) is 6.68. The van der Waals surface area contributed by atoms with Crippen LogP contribution >= 0.6 is 11.6 Å². The number of amides is 1. The lowest BCUT2D eigenvalue weighted by atomic mass is 9.99. The van der Waals surface area contributed by atoms with Crippen LogP contribution in [0.25, 0.3) is 10.9 Å². The molecule has 4 nitrogen and oxygen atoms in total. The van der Waals surface area contributed by atoms with E-state index in [2.05, 4.69) is 22.1 Å². The van der Waals surface area contributed by atoms with Gasteiger partial charge < -0.3 is 10.2 Å². The predicted octanol–water partition coefficient (Wildman–Crippen LogP) is 3.74. The lowest BCUT2D eigenvalue weighted by Crippen LogP contribution is -2.35. The van der Waals surface area contributed by atoms with Gasteiger partial charge in [-0.3, -0.25) is 4.79 Å². The van der Waals surface area contributed by atoms with Gasteiger partial charge in [-0.05, 0) is 75.1 Å². The maximum absolute atomic E-state index is 12.3. The SMILES string of the molecule is CC1CCN(CCCNC(=O)c2ccc3nc(Cl)ccc3c2)CC1. The zero-order valence-electron chi connectivity index (χ0n) is 14.1. The van der Waals surface area contributed by atoms with E-state index in [0.717, 1.165) is 29.8 Å². The molecule has 5 heteroatoms. The molecule has 24 heavy (non-hydrogen) atoms. The van der Waals surface area contributed by atoms with Gasteiger partial charge in [0.15, 0.2) is 0 Å². The highest BCUT2D eigenvalue weighted by Gasteiger charge is 2.15. The van der Waals surface area contributed by atoms with Crippen molar-refractivity contribution in [3.63, 3.8) is 0 Å². The monoisotopic (exact) mass is 345 g/mol. The number of carbonyl (C=O) groups excluding carboxylic acids is 1. The van der Waals surface area contributed by atoms with Crippen LogP contribution in [0.2, 0.25) is 5.15 Å². The molecule has 3 rings (SSSR count). The van der Waals surface area contributed by atoms with Crippen molar-refractivity contribution in [3.8, 4) is 0 Å². The molecule has 1 fully saturated rings. The Morgan fingerprint density at radius 2 is 2.08 bits per heavy atom. The van der Waals surface area contributed by atoms with Crippen molar-refractivity contribution in [2.75, 3.05) is 26.2 Å². The van der Waals surface area contributed by atoms with Gasteiger partial charge in [-0.15, -0.1) is 0 Å². The van der Waals surface area contributed by atoms with E-state index in [4.69, 9.17) is 11.6 Å². The van der Waals surface area contributed by atoms with Crippen LogP contribution in [0.5, 0.6) is 0 Å². The zero-order valence-corrected chi connectivity index (χ0v) is 14.9. The number of pyridine rings is 1. The van der Waals surface area contributed by atoms with Gasteiger partial charge in [-0.2, -0.15) is 0 Å². The van der Waals surface area contributed by atoms with E-state index in [-0.39, 0.29) is 5.91 Å². The van der Waals surface area contributed by atoms with Gasteiger partial charge in [0, 0.05) is 17.5 Å². The van der Waals surface area contributed by atoms with Crippen LogP contribution in [0.15, 0.2) is 30.3 Å². The standard InChI is InChI=1S/C19H24ClN3O/c1-14-7-11-23(12-8-14)10-2-9-21-19(24)16-3-5-17-15(13-16)4-6-18(20)22-17/h3-6,13-14H,2,7-12H2,1H3,(H,21,24). The summed E-state index contributed by atoms with van der Waals surface area (Å²) in [7, 11) is 0. The Kier molecular flexibility index (Phi) is 5.69. The van der Waals surface area contributed by atoms with Crippen molar-refractivity contribution in [1.82, 2.24) is 15.2 Å². The normalized spacial score (nSPS) is 16.4. The summed E-state index contributed by atoms with van der Waals surface area (Å²) in [5, 5.41) is 4.40. The smallest absolute Gasteiger partial charge is 0.251 e. The maximum atomic E-state index is 12.3. The molecule has 1 aliphatic rings. The molecule has 1 aromatic heterocycles. The van der Waals surface area contributed by atoms with Crippen molar-refractivity contribution in [3.05, 3.63) is 41.0 Å². The lowest BCUT2D eigenvalue weighted by Gasteiger charge is -2.30. The molecular formula is C19H24ClN3O. The summed E-state index contributed by atoms with van der Waals surface area (Å²) in [5.41, 5.74) is 1.47. The number of hydrogen-bond acceptors (Lipinski definition) is 3. The highest BCUT2D eigenvalue weighted by Crippen LogP contribution is 2.17. The number of rotatable bonds is 5. The van der Waals surface area contributed by atoms with Crippen LogP contribution in [0.4, 0.5) is 0 Å². The Hall–Kier alpha value is -1.65. The third-order valence-electron chi connectivity index (χ3n) is 4.73. The number of aromatic nitrogens is 1. The number of nitrogens with one attached hydrogen (secondary N) is 1. The summed E-state index contributed by atoms with van der Waals surface area (Å²) < 4.78 is 0. The number of hydrogen-bond donors (Lipinski definition) is 1. The van der Waals surface area contributed by atoms with E-state index in [1.54, 1.807) is 12.1 Å². The molecule has 1 aliphatic heterocycles. The first-order valence-corrected chi connectivity index (χ1v) is 9.06. The minimum atomic E-state index is -0.0286. The number of benzene rings is 1. The summed E-state index contributed by atoms with van der Waals surface area (Å²) in [5.74, 6) is 0.831. The van der Waals surface area contributed by atoms with Crippen molar-refractivity contribution >= 4 is 28.4 Å². The molecule has 0 aliphatic carbocycles. The van der Waals surface area contributed by atoms with E-state index >= 15 is 0 Å². The summed E-state index contributed by atoms with van der Waals surface area (Å²) in [6.07, 6.45) is 3.58. The fraction of sp³-hybridized carbons (Fsp3) is 0.474. The fourth-order valence-electron chi connectivity index (χ4n) is 3.13. The van der Waals surface area contributed by atoms with Crippen LogP contribution in [0.3, 0.4) is 0 Å². The minimum Gasteiger partial charge on any atom is -0.352 e. The maximum Gasteiger partial charge on any atom is 0.251 e. The van der Waals surface area contributed by atoms with Crippen LogP contribution < -0.4 is 5.32 Å². The molecule has 1 aromatic carbocycles. The molecule has 128 valence electrons. The van der Waals surface area contributed by atoms with Gasteiger partial charge in [0.1, 0.15) is 5.15 Å². The molecule has 0 spiro atoms.